The molecule has 0 heterocycles. The Hall–Kier alpha value is -1.22. The minimum absolute atomic E-state index is 0.262. The van der Waals surface area contributed by atoms with Crippen LogP contribution in [0, 0.1) is 5.92 Å². The first kappa shape index (κ1) is 15.2. The average Bonchev–Trinajstić information content (AvgIpc) is 2.47. The zero-order valence-corrected chi connectivity index (χ0v) is 12.8. The molecule has 2 unspecified atom stereocenters. The Bertz CT molecular complexity index is 428. The number of rotatable bonds is 5. The molecule has 3 nitrogen and oxygen atoms in total. The molecule has 0 amide bonds. The zero-order chi connectivity index (χ0) is 14.5. The highest BCUT2D eigenvalue weighted by atomic mass is 16.5. The maximum atomic E-state index is 9.90. The number of benzene rings is 1. The van der Waals surface area contributed by atoms with Crippen LogP contribution in [0.5, 0.6) is 11.5 Å². The summed E-state index contributed by atoms with van der Waals surface area (Å²) in [6.07, 6.45) is 5.77. The van der Waals surface area contributed by atoms with Gasteiger partial charge in [-0.3, -0.25) is 0 Å². The van der Waals surface area contributed by atoms with E-state index in [1.165, 1.54) is 19.3 Å². The first-order valence-electron chi connectivity index (χ1n) is 7.68. The van der Waals surface area contributed by atoms with Gasteiger partial charge in [0, 0.05) is 11.6 Å². The van der Waals surface area contributed by atoms with Gasteiger partial charge in [-0.15, -0.1) is 0 Å². The lowest BCUT2D eigenvalue weighted by molar-refractivity contribution is 0.0852. The molecule has 1 N–H and O–H groups in total. The average molecular weight is 278 g/mol. The van der Waals surface area contributed by atoms with Crippen molar-refractivity contribution in [3.63, 3.8) is 0 Å². The standard InChI is InChI=1S/C17H26O3/c1-4-13-7-5-6-8-16(13)20-17-11-14(19-3)9-10-15(17)12(2)18/h9-13,16,18H,4-8H2,1-3H3/t12-,13?,16?/m1/s1. The number of hydrogen-bond donors (Lipinski definition) is 1. The summed E-state index contributed by atoms with van der Waals surface area (Å²) in [7, 11) is 1.65. The second kappa shape index (κ2) is 6.98. The molecule has 1 fully saturated rings. The number of aliphatic hydroxyl groups excluding tert-OH is 1. The van der Waals surface area contributed by atoms with Crippen molar-refractivity contribution in [1.82, 2.24) is 0 Å². The summed E-state index contributed by atoms with van der Waals surface area (Å²) in [4.78, 5) is 0. The maximum absolute atomic E-state index is 9.90. The fraction of sp³-hybridized carbons (Fsp3) is 0.647. The summed E-state index contributed by atoms with van der Waals surface area (Å²) in [5.41, 5.74) is 0.839. The zero-order valence-electron chi connectivity index (χ0n) is 12.8. The van der Waals surface area contributed by atoms with Gasteiger partial charge in [0.05, 0.1) is 13.2 Å². The van der Waals surface area contributed by atoms with Crippen molar-refractivity contribution >= 4 is 0 Å². The Morgan fingerprint density at radius 3 is 2.70 bits per heavy atom. The van der Waals surface area contributed by atoms with E-state index in [4.69, 9.17) is 9.47 Å². The smallest absolute Gasteiger partial charge is 0.129 e. The Balaban J connectivity index is 2.21. The highest BCUT2D eigenvalue weighted by molar-refractivity contribution is 5.42. The van der Waals surface area contributed by atoms with Crippen LogP contribution in [0.15, 0.2) is 18.2 Å². The molecule has 0 radical (unpaired) electrons. The van der Waals surface area contributed by atoms with E-state index < -0.39 is 6.10 Å². The molecular weight excluding hydrogens is 252 g/mol. The fourth-order valence-electron chi connectivity index (χ4n) is 3.05. The van der Waals surface area contributed by atoms with Crippen molar-refractivity contribution in [3.8, 4) is 11.5 Å². The lowest BCUT2D eigenvalue weighted by Crippen LogP contribution is -2.30. The van der Waals surface area contributed by atoms with Crippen LogP contribution in [0.25, 0.3) is 0 Å². The van der Waals surface area contributed by atoms with Crippen molar-refractivity contribution in [2.45, 2.75) is 58.2 Å². The second-order valence-electron chi connectivity index (χ2n) is 5.69. The first-order valence-corrected chi connectivity index (χ1v) is 7.68. The predicted molar refractivity (Wildman–Crippen MR) is 80.3 cm³/mol. The van der Waals surface area contributed by atoms with Gasteiger partial charge in [-0.05, 0) is 50.7 Å². The summed E-state index contributed by atoms with van der Waals surface area (Å²) in [6.45, 7) is 4.00. The van der Waals surface area contributed by atoms with Gasteiger partial charge in [-0.25, -0.2) is 0 Å². The Morgan fingerprint density at radius 2 is 2.05 bits per heavy atom. The molecule has 20 heavy (non-hydrogen) atoms. The number of ether oxygens (including phenoxy) is 2. The van der Waals surface area contributed by atoms with Crippen molar-refractivity contribution < 1.29 is 14.6 Å². The monoisotopic (exact) mass is 278 g/mol. The lowest BCUT2D eigenvalue weighted by Gasteiger charge is -2.32. The molecule has 112 valence electrons. The van der Waals surface area contributed by atoms with Crippen LogP contribution in [0.4, 0.5) is 0 Å². The van der Waals surface area contributed by atoms with Gasteiger partial charge in [0.1, 0.15) is 17.6 Å². The number of aliphatic hydroxyl groups is 1. The molecule has 1 aromatic rings. The minimum atomic E-state index is -0.528. The largest absolute Gasteiger partial charge is 0.497 e. The van der Waals surface area contributed by atoms with E-state index >= 15 is 0 Å². The van der Waals surface area contributed by atoms with Gasteiger partial charge in [-0.1, -0.05) is 13.3 Å². The topological polar surface area (TPSA) is 38.7 Å². The Kier molecular flexibility index (Phi) is 5.30. The third-order valence-corrected chi connectivity index (χ3v) is 4.31. The molecule has 1 aromatic carbocycles. The van der Waals surface area contributed by atoms with Crippen LogP contribution in [0.2, 0.25) is 0 Å². The van der Waals surface area contributed by atoms with Gasteiger partial charge in [-0.2, -0.15) is 0 Å². The van der Waals surface area contributed by atoms with E-state index in [9.17, 15) is 5.11 Å². The van der Waals surface area contributed by atoms with Crippen LogP contribution < -0.4 is 9.47 Å². The molecule has 3 atom stereocenters. The van der Waals surface area contributed by atoms with E-state index in [-0.39, 0.29) is 6.10 Å². The summed E-state index contributed by atoms with van der Waals surface area (Å²) in [6, 6.07) is 5.65. The van der Waals surface area contributed by atoms with Crippen LogP contribution in [-0.4, -0.2) is 18.3 Å². The SMILES string of the molecule is CCC1CCCCC1Oc1cc(OC)ccc1[C@@H](C)O. The van der Waals surface area contributed by atoms with E-state index in [0.717, 1.165) is 29.9 Å². The number of hydrogen-bond acceptors (Lipinski definition) is 3. The van der Waals surface area contributed by atoms with Crippen molar-refractivity contribution in [3.05, 3.63) is 23.8 Å². The van der Waals surface area contributed by atoms with Crippen molar-refractivity contribution in [2.24, 2.45) is 5.92 Å². The molecule has 0 aromatic heterocycles. The highest BCUT2D eigenvalue weighted by Gasteiger charge is 2.26. The molecular formula is C17H26O3. The van der Waals surface area contributed by atoms with Gasteiger partial charge >= 0.3 is 0 Å². The molecule has 0 bridgehead atoms. The summed E-state index contributed by atoms with van der Waals surface area (Å²) >= 11 is 0. The quantitative estimate of drug-likeness (QED) is 0.881. The molecule has 1 aliphatic rings. The number of methoxy groups -OCH3 is 1. The Labute approximate surface area is 121 Å². The minimum Gasteiger partial charge on any atom is -0.497 e. The predicted octanol–water partition coefficient (Wildman–Crippen LogP) is 4.10. The Morgan fingerprint density at radius 1 is 1.30 bits per heavy atom. The van der Waals surface area contributed by atoms with Gasteiger partial charge in [0.15, 0.2) is 0 Å². The molecule has 0 aliphatic heterocycles. The third-order valence-electron chi connectivity index (χ3n) is 4.31. The van der Waals surface area contributed by atoms with Crippen LogP contribution in [0.3, 0.4) is 0 Å². The first-order chi connectivity index (χ1) is 9.65. The van der Waals surface area contributed by atoms with E-state index in [2.05, 4.69) is 6.92 Å². The third kappa shape index (κ3) is 3.45. The van der Waals surface area contributed by atoms with Crippen LogP contribution in [0.1, 0.15) is 57.6 Å². The summed E-state index contributed by atoms with van der Waals surface area (Å²) in [5, 5.41) is 9.90. The van der Waals surface area contributed by atoms with Crippen molar-refractivity contribution in [1.29, 1.82) is 0 Å². The molecule has 0 saturated heterocycles. The van der Waals surface area contributed by atoms with E-state index in [0.29, 0.717) is 5.92 Å². The van der Waals surface area contributed by atoms with E-state index in [1.54, 1.807) is 14.0 Å². The van der Waals surface area contributed by atoms with Gasteiger partial charge in [0.2, 0.25) is 0 Å². The maximum Gasteiger partial charge on any atom is 0.129 e. The molecule has 0 spiro atoms. The van der Waals surface area contributed by atoms with E-state index in [1.807, 2.05) is 18.2 Å². The normalized spacial score (nSPS) is 24.2. The van der Waals surface area contributed by atoms with Crippen LogP contribution >= 0.6 is 0 Å². The van der Waals surface area contributed by atoms with Gasteiger partial charge in [0.25, 0.3) is 0 Å². The molecule has 2 rings (SSSR count). The van der Waals surface area contributed by atoms with Crippen molar-refractivity contribution in [2.75, 3.05) is 7.11 Å². The highest BCUT2D eigenvalue weighted by Crippen LogP contribution is 2.35. The summed E-state index contributed by atoms with van der Waals surface area (Å²) in [5.74, 6) is 2.16. The fourth-order valence-corrected chi connectivity index (χ4v) is 3.05. The molecule has 1 aliphatic carbocycles. The van der Waals surface area contributed by atoms with Gasteiger partial charge < -0.3 is 14.6 Å². The lowest BCUT2D eigenvalue weighted by atomic mass is 9.84. The van der Waals surface area contributed by atoms with Crippen LogP contribution in [-0.2, 0) is 0 Å². The molecule has 3 heteroatoms. The second-order valence-corrected chi connectivity index (χ2v) is 5.69. The molecule has 1 saturated carbocycles. The summed E-state index contributed by atoms with van der Waals surface area (Å²) < 4.78 is 11.5.